The first-order valence-corrected chi connectivity index (χ1v) is 12.3. The maximum atomic E-state index is 13.9. The molecule has 1 atom stereocenters. The van der Waals surface area contributed by atoms with Gasteiger partial charge in [0.2, 0.25) is 5.76 Å². The van der Waals surface area contributed by atoms with E-state index in [-0.39, 0.29) is 23.7 Å². The topological polar surface area (TPSA) is 114 Å². The van der Waals surface area contributed by atoms with Crippen molar-refractivity contribution in [2.24, 2.45) is 5.10 Å². The average molecular weight is 552 g/mol. The van der Waals surface area contributed by atoms with Gasteiger partial charge in [0, 0.05) is 17.3 Å². The van der Waals surface area contributed by atoms with Crippen molar-refractivity contribution in [2.75, 3.05) is 7.11 Å². The van der Waals surface area contributed by atoms with Gasteiger partial charge in [0.25, 0.3) is 5.91 Å². The molecule has 9 nitrogen and oxygen atoms in total. The van der Waals surface area contributed by atoms with Gasteiger partial charge in [-0.15, -0.1) is 0 Å². The molecule has 2 aromatic carbocycles. The lowest BCUT2D eigenvalue weighted by atomic mass is 10.1. The standard InChI is InChI=1S/C27H19F2N3O6S/c1-36-23-20(3-2-4-21(23)37-14-19-9-10-22(38-19)27(34)35)26-32(25(33)16-11-18(29)13-30-12-16)31-24(39-26)15-5-7-17(28)8-6-15/h2-13,26H,14H2,1H3,(H,34,35). The number of carboxylic acids is 1. The lowest BCUT2D eigenvalue weighted by Gasteiger charge is -2.23. The molecule has 0 fully saturated rings. The van der Waals surface area contributed by atoms with Gasteiger partial charge >= 0.3 is 5.97 Å². The highest BCUT2D eigenvalue weighted by Gasteiger charge is 2.37. The van der Waals surface area contributed by atoms with Crippen LogP contribution in [-0.4, -0.2) is 39.1 Å². The number of carbonyl (C=O) groups excluding carboxylic acids is 1. The Balaban J connectivity index is 1.49. The van der Waals surface area contributed by atoms with Gasteiger partial charge in [-0.05, 0) is 48.5 Å². The number of hydrogen-bond donors (Lipinski definition) is 1. The molecule has 0 spiro atoms. The number of halogens is 2. The molecular formula is C27H19F2N3O6S. The van der Waals surface area contributed by atoms with E-state index < -0.39 is 28.9 Å². The third kappa shape index (κ3) is 5.46. The number of aromatic nitrogens is 1. The highest BCUT2D eigenvalue weighted by atomic mass is 32.2. The lowest BCUT2D eigenvalue weighted by molar-refractivity contribution is 0.0657. The van der Waals surface area contributed by atoms with E-state index in [1.54, 1.807) is 30.3 Å². The zero-order chi connectivity index (χ0) is 27.5. The number of hydrazone groups is 1. The fourth-order valence-corrected chi connectivity index (χ4v) is 5.01. The van der Waals surface area contributed by atoms with Crippen molar-refractivity contribution < 1.29 is 37.4 Å². The number of furan rings is 1. The Hall–Kier alpha value is -4.71. The molecular weight excluding hydrogens is 532 g/mol. The number of amides is 1. The molecule has 0 aliphatic carbocycles. The van der Waals surface area contributed by atoms with Crippen LogP contribution in [0.15, 0.2) is 82.6 Å². The first kappa shape index (κ1) is 25.9. The highest BCUT2D eigenvalue weighted by Crippen LogP contribution is 2.47. The number of thioether (sulfide) groups is 1. The van der Waals surface area contributed by atoms with Crippen molar-refractivity contribution in [1.29, 1.82) is 0 Å². The van der Waals surface area contributed by atoms with Crippen LogP contribution in [0.3, 0.4) is 0 Å². The predicted molar refractivity (Wildman–Crippen MR) is 137 cm³/mol. The van der Waals surface area contributed by atoms with Gasteiger partial charge in [-0.25, -0.2) is 18.6 Å². The molecule has 1 amide bonds. The summed E-state index contributed by atoms with van der Waals surface area (Å²) in [6.45, 7) is -0.0835. The largest absolute Gasteiger partial charge is 0.492 e. The number of hydrogen-bond acceptors (Lipinski definition) is 8. The summed E-state index contributed by atoms with van der Waals surface area (Å²) < 4.78 is 44.2. The smallest absolute Gasteiger partial charge is 0.371 e. The Morgan fingerprint density at radius 2 is 1.87 bits per heavy atom. The minimum atomic E-state index is -1.20. The quantitative estimate of drug-likeness (QED) is 0.306. The number of aromatic carboxylic acids is 1. The number of nitrogens with zero attached hydrogens (tertiary/aromatic N) is 3. The highest BCUT2D eigenvalue weighted by molar-refractivity contribution is 8.14. The number of carbonyl (C=O) groups is 2. The van der Waals surface area contributed by atoms with Gasteiger partial charge in [-0.2, -0.15) is 5.10 Å². The van der Waals surface area contributed by atoms with E-state index in [0.717, 1.165) is 12.3 Å². The fourth-order valence-electron chi connectivity index (χ4n) is 3.83. The van der Waals surface area contributed by atoms with E-state index in [1.807, 2.05) is 0 Å². The van der Waals surface area contributed by atoms with Crippen LogP contribution in [-0.2, 0) is 6.61 Å². The lowest BCUT2D eigenvalue weighted by Crippen LogP contribution is -2.26. The van der Waals surface area contributed by atoms with E-state index in [1.165, 1.54) is 54.3 Å². The van der Waals surface area contributed by atoms with Crippen molar-refractivity contribution in [3.8, 4) is 11.5 Å². The van der Waals surface area contributed by atoms with Crippen molar-refractivity contribution in [1.82, 2.24) is 9.99 Å². The zero-order valence-corrected chi connectivity index (χ0v) is 21.0. The van der Waals surface area contributed by atoms with E-state index >= 15 is 0 Å². The summed E-state index contributed by atoms with van der Waals surface area (Å²) >= 11 is 1.22. The molecule has 0 radical (unpaired) electrons. The summed E-state index contributed by atoms with van der Waals surface area (Å²) in [5.41, 5.74) is 1.09. The second-order valence-electron chi connectivity index (χ2n) is 8.16. The molecule has 4 aromatic rings. The fraction of sp³-hybridized carbons (Fsp3) is 0.111. The second-order valence-corrected chi connectivity index (χ2v) is 9.23. The van der Waals surface area contributed by atoms with Crippen molar-refractivity contribution in [2.45, 2.75) is 12.0 Å². The average Bonchev–Trinajstić information content (AvgIpc) is 3.60. The van der Waals surface area contributed by atoms with Crippen LogP contribution in [0.25, 0.3) is 0 Å². The van der Waals surface area contributed by atoms with Crippen LogP contribution in [0, 0.1) is 11.6 Å². The molecule has 1 aliphatic rings. The maximum Gasteiger partial charge on any atom is 0.371 e. The first-order valence-electron chi connectivity index (χ1n) is 11.4. The number of pyridine rings is 1. The number of ether oxygens (including phenoxy) is 2. The number of methoxy groups -OCH3 is 1. The second kappa shape index (κ2) is 11.0. The molecule has 1 unspecified atom stereocenters. The van der Waals surface area contributed by atoms with Crippen LogP contribution < -0.4 is 9.47 Å². The van der Waals surface area contributed by atoms with Crippen LogP contribution in [0.1, 0.15) is 43.2 Å². The van der Waals surface area contributed by atoms with Gasteiger partial charge in [0.15, 0.2) is 11.5 Å². The number of para-hydroxylation sites is 1. The van der Waals surface area contributed by atoms with Gasteiger partial charge in [-0.1, -0.05) is 23.9 Å². The molecule has 0 bridgehead atoms. The molecule has 1 aliphatic heterocycles. The molecule has 198 valence electrons. The molecule has 0 saturated carbocycles. The minimum absolute atomic E-state index is 0.0110. The third-order valence-electron chi connectivity index (χ3n) is 5.62. The zero-order valence-electron chi connectivity index (χ0n) is 20.2. The number of benzene rings is 2. The van der Waals surface area contributed by atoms with E-state index in [4.69, 9.17) is 19.0 Å². The van der Waals surface area contributed by atoms with Gasteiger partial charge in [0.05, 0.1) is 18.9 Å². The van der Waals surface area contributed by atoms with Gasteiger partial charge in [-0.3, -0.25) is 9.78 Å². The predicted octanol–water partition coefficient (Wildman–Crippen LogP) is 5.49. The van der Waals surface area contributed by atoms with E-state index in [2.05, 4.69) is 10.1 Å². The summed E-state index contributed by atoms with van der Waals surface area (Å²) in [4.78, 5) is 28.3. The Morgan fingerprint density at radius 3 is 2.56 bits per heavy atom. The summed E-state index contributed by atoms with van der Waals surface area (Å²) in [6.07, 6.45) is 2.23. The summed E-state index contributed by atoms with van der Waals surface area (Å²) in [7, 11) is 1.44. The maximum absolute atomic E-state index is 13.9. The van der Waals surface area contributed by atoms with Crippen molar-refractivity contribution >= 4 is 28.7 Å². The number of rotatable bonds is 8. The molecule has 5 rings (SSSR count). The van der Waals surface area contributed by atoms with E-state index in [0.29, 0.717) is 27.7 Å². The summed E-state index contributed by atoms with van der Waals surface area (Å²) in [5, 5.41) is 14.4. The van der Waals surface area contributed by atoms with Crippen LogP contribution in [0.2, 0.25) is 0 Å². The molecule has 1 N–H and O–H groups in total. The SMILES string of the molecule is COc1c(OCc2ccc(C(=O)O)o2)cccc1C1SC(c2ccc(F)cc2)=NN1C(=O)c1cncc(F)c1. The van der Waals surface area contributed by atoms with Gasteiger partial charge in [0.1, 0.15) is 34.4 Å². The first-order chi connectivity index (χ1) is 18.8. The van der Waals surface area contributed by atoms with E-state index in [9.17, 15) is 18.4 Å². The third-order valence-corrected chi connectivity index (χ3v) is 6.83. The van der Waals surface area contributed by atoms with Gasteiger partial charge < -0.3 is 19.0 Å². The van der Waals surface area contributed by atoms with Crippen molar-refractivity contribution in [3.05, 3.63) is 113 Å². The van der Waals surface area contributed by atoms with Crippen LogP contribution >= 0.6 is 11.8 Å². The Morgan fingerprint density at radius 1 is 1.08 bits per heavy atom. The molecule has 2 aromatic heterocycles. The molecule has 39 heavy (non-hydrogen) atoms. The monoisotopic (exact) mass is 551 g/mol. The van der Waals surface area contributed by atoms with Crippen LogP contribution in [0.5, 0.6) is 11.5 Å². The van der Waals surface area contributed by atoms with Crippen molar-refractivity contribution in [3.63, 3.8) is 0 Å². The Kier molecular flexibility index (Phi) is 7.28. The normalized spacial score (nSPS) is 14.7. The summed E-state index contributed by atoms with van der Waals surface area (Å²) in [5.74, 6) is -2.24. The Bertz CT molecular complexity index is 1570. The molecule has 3 heterocycles. The minimum Gasteiger partial charge on any atom is -0.492 e. The Labute approximate surface area is 224 Å². The number of carboxylic acid groups (broad SMARTS) is 1. The summed E-state index contributed by atoms with van der Waals surface area (Å²) in [6, 6.07) is 14.6. The molecule has 12 heteroatoms. The molecule has 0 saturated heterocycles. The van der Waals surface area contributed by atoms with Crippen LogP contribution in [0.4, 0.5) is 8.78 Å².